The van der Waals surface area contributed by atoms with E-state index in [2.05, 4.69) is 23.1 Å². The van der Waals surface area contributed by atoms with Gasteiger partial charge in [0.05, 0.1) is 5.56 Å². The Morgan fingerprint density at radius 1 is 0.926 bits per heavy atom. The van der Waals surface area contributed by atoms with Gasteiger partial charge in [0.2, 0.25) is 0 Å². The van der Waals surface area contributed by atoms with Crippen LogP contribution in [0.2, 0.25) is 0 Å². The molecule has 0 atom stereocenters. The lowest BCUT2D eigenvalue weighted by Crippen LogP contribution is -2.43. The molecule has 3 N–H and O–H groups in total. The normalized spacial score (nSPS) is 9.96. The summed E-state index contributed by atoms with van der Waals surface area (Å²) >= 11 is 0. The molecule has 142 valence electrons. The molecule has 0 spiro atoms. The van der Waals surface area contributed by atoms with Crippen LogP contribution in [0.1, 0.15) is 40.5 Å². The zero-order valence-corrected chi connectivity index (χ0v) is 15.2. The highest BCUT2D eigenvalue weighted by Gasteiger charge is 2.14. The Bertz CT molecular complexity index is 778. The number of hydrogen-bond acceptors (Lipinski definition) is 5. The number of carbonyl (C=O) groups excluding carboxylic acids is 3. The second-order valence-electron chi connectivity index (χ2n) is 5.77. The first-order chi connectivity index (χ1) is 13.1. The van der Waals surface area contributed by atoms with Gasteiger partial charge >= 0.3 is 5.97 Å². The average Bonchev–Trinajstić information content (AvgIpc) is 2.71. The summed E-state index contributed by atoms with van der Waals surface area (Å²) in [6.07, 6.45) is 2.02. The molecule has 0 aliphatic heterocycles. The van der Waals surface area contributed by atoms with Crippen LogP contribution in [0.3, 0.4) is 0 Å². The molecule has 7 nitrogen and oxygen atoms in total. The molecule has 2 amide bonds. The smallest absolute Gasteiger partial charge is 0.340 e. The van der Waals surface area contributed by atoms with Crippen molar-refractivity contribution in [2.24, 2.45) is 0 Å². The molecule has 0 unspecified atom stereocenters. The number of para-hydroxylation sites is 1. The van der Waals surface area contributed by atoms with E-state index in [0.29, 0.717) is 16.8 Å². The number of amides is 2. The molecule has 7 heteroatoms. The van der Waals surface area contributed by atoms with E-state index >= 15 is 0 Å². The number of unbranched alkanes of at least 4 members (excludes halogenated alkanes) is 1. The maximum Gasteiger partial charge on any atom is 0.340 e. The summed E-state index contributed by atoms with van der Waals surface area (Å²) in [5, 5.41) is 3.18. The van der Waals surface area contributed by atoms with E-state index in [1.807, 2.05) is 6.07 Å². The molecule has 0 fully saturated rings. The standard InChI is InChI=1S/C20H23N3O4/c1-2-3-13-21-17-12-8-7-11-16(17)20(26)27-14-18(24)22-23-19(25)15-9-5-4-6-10-15/h4-12,21H,2-3,13-14H2,1H3,(H,22,24)(H,23,25). The molecular weight excluding hydrogens is 346 g/mol. The maximum atomic E-state index is 12.2. The van der Waals surface area contributed by atoms with Crippen molar-refractivity contribution >= 4 is 23.5 Å². The van der Waals surface area contributed by atoms with Crippen molar-refractivity contribution in [1.82, 2.24) is 10.9 Å². The quantitative estimate of drug-likeness (QED) is 0.377. The first-order valence-corrected chi connectivity index (χ1v) is 8.76. The van der Waals surface area contributed by atoms with Gasteiger partial charge in [0.15, 0.2) is 6.61 Å². The summed E-state index contributed by atoms with van der Waals surface area (Å²) in [6.45, 7) is 2.32. The van der Waals surface area contributed by atoms with Crippen molar-refractivity contribution in [2.45, 2.75) is 19.8 Å². The molecule has 27 heavy (non-hydrogen) atoms. The lowest BCUT2D eigenvalue weighted by molar-refractivity contribution is -0.125. The molecule has 0 saturated carbocycles. The fourth-order valence-electron chi connectivity index (χ4n) is 2.25. The van der Waals surface area contributed by atoms with Crippen LogP contribution >= 0.6 is 0 Å². The molecule has 2 rings (SSSR count). The van der Waals surface area contributed by atoms with Crippen LogP contribution in [0.25, 0.3) is 0 Å². The molecule has 0 aliphatic carbocycles. The summed E-state index contributed by atoms with van der Waals surface area (Å²) in [7, 11) is 0. The van der Waals surface area contributed by atoms with Crippen molar-refractivity contribution in [3.8, 4) is 0 Å². The number of carbonyl (C=O) groups is 3. The van der Waals surface area contributed by atoms with Gasteiger partial charge in [0.1, 0.15) is 0 Å². The summed E-state index contributed by atoms with van der Waals surface area (Å²) < 4.78 is 5.03. The third-order valence-corrected chi connectivity index (χ3v) is 3.68. The molecular formula is C20H23N3O4. The number of hydrogen-bond donors (Lipinski definition) is 3. The lowest BCUT2D eigenvalue weighted by atomic mass is 10.1. The van der Waals surface area contributed by atoms with Crippen molar-refractivity contribution in [3.05, 3.63) is 65.7 Å². The highest BCUT2D eigenvalue weighted by molar-refractivity contribution is 5.97. The van der Waals surface area contributed by atoms with E-state index in [4.69, 9.17) is 4.74 Å². The van der Waals surface area contributed by atoms with E-state index in [9.17, 15) is 14.4 Å². The third-order valence-electron chi connectivity index (χ3n) is 3.68. The minimum atomic E-state index is -0.635. The molecule has 0 radical (unpaired) electrons. The Morgan fingerprint density at radius 3 is 2.37 bits per heavy atom. The fourth-order valence-corrected chi connectivity index (χ4v) is 2.25. The van der Waals surface area contributed by atoms with Crippen molar-refractivity contribution < 1.29 is 19.1 Å². The number of rotatable bonds is 8. The molecule has 0 heterocycles. The number of anilines is 1. The van der Waals surface area contributed by atoms with Gasteiger partial charge in [0.25, 0.3) is 11.8 Å². The monoisotopic (exact) mass is 369 g/mol. The number of benzene rings is 2. The second kappa shape index (κ2) is 10.6. The Balaban J connectivity index is 1.81. The van der Waals surface area contributed by atoms with Gasteiger partial charge in [0, 0.05) is 17.8 Å². The molecule has 0 aliphatic rings. The van der Waals surface area contributed by atoms with Gasteiger partial charge in [-0.25, -0.2) is 4.79 Å². The highest BCUT2D eigenvalue weighted by Crippen LogP contribution is 2.16. The van der Waals surface area contributed by atoms with Crippen LogP contribution in [-0.4, -0.2) is 30.9 Å². The molecule has 2 aromatic carbocycles. The third kappa shape index (κ3) is 6.47. The van der Waals surface area contributed by atoms with Crippen molar-refractivity contribution in [3.63, 3.8) is 0 Å². The van der Waals surface area contributed by atoms with Crippen LogP contribution in [0.15, 0.2) is 54.6 Å². The summed E-state index contributed by atoms with van der Waals surface area (Å²) in [5.74, 6) is -1.70. The minimum Gasteiger partial charge on any atom is -0.452 e. The van der Waals surface area contributed by atoms with Crippen LogP contribution in [0.5, 0.6) is 0 Å². The second-order valence-corrected chi connectivity index (χ2v) is 5.77. The maximum absolute atomic E-state index is 12.2. The first-order valence-electron chi connectivity index (χ1n) is 8.76. The van der Waals surface area contributed by atoms with Gasteiger partial charge in [-0.2, -0.15) is 0 Å². The van der Waals surface area contributed by atoms with Gasteiger partial charge in [-0.05, 0) is 30.7 Å². The SMILES string of the molecule is CCCCNc1ccccc1C(=O)OCC(=O)NNC(=O)c1ccccc1. The molecule has 2 aromatic rings. The van der Waals surface area contributed by atoms with E-state index in [-0.39, 0.29) is 0 Å². The van der Waals surface area contributed by atoms with Gasteiger partial charge in [-0.3, -0.25) is 20.4 Å². The van der Waals surface area contributed by atoms with E-state index < -0.39 is 24.4 Å². The largest absolute Gasteiger partial charge is 0.452 e. The van der Waals surface area contributed by atoms with Gasteiger partial charge < -0.3 is 10.1 Å². The van der Waals surface area contributed by atoms with Crippen molar-refractivity contribution in [2.75, 3.05) is 18.5 Å². The summed E-state index contributed by atoms with van der Waals surface area (Å²) in [4.78, 5) is 35.9. The topological polar surface area (TPSA) is 96.5 Å². The zero-order chi connectivity index (χ0) is 19.5. The van der Waals surface area contributed by atoms with Crippen molar-refractivity contribution in [1.29, 1.82) is 0 Å². The van der Waals surface area contributed by atoms with Crippen LogP contribution in [-0.2, 0) is 9.53 Å². The Hall–Kier alpha value is -3.35. The lowest BCUT2D eigenvalue weighted by Gasteiger charge is -2.12. The van der Waals surface area contributed by atoms with Gasteiger partial charge in [-0.15, -0.1) is 0 Å². The number of nitrogens with one attached hydrogen (secondary N) is 3. The summed E-state index contributed by atoms with van der Waals surface area (Å²) in [6, 6.07) is 15.4. The predicted octanol–water partition coefficient (Wildman–Crippen LogP) is 2.52. The fraction of sp³-hybridized carbons (Fsp3) is 0.250. The first kappa shape index (κ1) is 20.0. The van der Waals surface area contributed by atoms with E-state index in [0.717, 1.165) is 19.4 Å². The Morgan fingerprint density at radius 2 is 1.63 bits per heavy atom. The average molecular weight is 369 g/mol. The number of ether oxygens (including phenoxy) is 1. The highest BCUT2D eigenvalue weighted by atomic mass is 16.5. The Labute approximate surface area is 158 Å². The van der Waals surface area contributed by atoms with Gasteiger partial charge in [-0.1, -0.05) is 43.7 Å². The number of esters is 1. The van der Waals surface area contributed by atoms with Crippen LogP contribution < -0.4 is 16.2 Å². The number of hydrazine groups is 1. The Kier molecular flexibility index (Phi) is 7.84. The molecule has 0 aromatic heterocycles. The van der Waals surface area contributed by atoms with E-state index in [1.165, 1.54) is 0 Å². The molecule has 0 bridgehead atoms. The molecule has 0 saturated heterocycles. The predicted molar refractivity (Wildman–Crippen MR) is 102 cm³/mol. The van der Waals surface area contributed by atoms with Crippen LogP contribution in [0.4, 0.5) is 5.69 Å². The summed E-state index contributed by atoms with van der Waals surface area (Å²) in [5.41, 5.74) is 5.90. The van der Waals surface area contributed by atoms with E-state index in [1.54, 1.807) is 48.5 Å². The van der Waals surface area contributed by atoms with Crippen LogP contribution in [0, 0.1) is 0 Å². The zero-order valence-electron chi connectivity index (χ0n) is 15.2. The minimum absolute atomic E-state index is 0.356.